The summed E-state index contributed by atoms with van der Waals surface area (Å²) >= 11 is 0. The quantitative estimate of drug-likeness (QED) is 0.0202. The first-order valence-corrected chi connectivity index (χ1v) is 23.0. The van der Waals surface area contributed by atoms with Crippen LogP contribution < -0.4 is 4.89 Å². The van der Waals surface area contributed by atoms with Crippen molar-refractivity contribution in [3.8, 4) is 0 Å². The van der Waals surface area contributed by atoms with E-state index in [1.54, 1.807) is 0 Å². The lowest BCUT2D eigenvalue weighted by atomic mass is 10.0. The molecule has 0 rings (SSSR count). The van der Waals surface area contributed by atoms with Crippen molar-refractivity contribution in [2.24, 2.45) is 0 Å². The van der Waals surface area contributed by atoms with Crippen LogP contribution in [0.5, 0.6) is 0 Å². The van der Waals surface area contributed by atoms with E-state index >= 15 is 0 Å². The van der Waals surface area contributed by atoms with Crippen molar-refractivity contribution in [3.05, 3.63) is 24.3 Å². The highest BCUT2D eigenvalue weighted by Gasteiger charge is 2.20. The molecule has 0 aliphatic carbocycles. The van der Waals surface area contributed by atoms with Crippen LogP contribution in [0, 0.1) is 0 Å². The number of esters is 1. The van der Waals surface area contributed by atoms with Gasteiger partial charge in [-0.2, -0.15) is 0 Å². The van der Waals surface area contributed by atoms with Crippen molar-refractivity contribution in [1.29, 1.82) is 0 Å². The molecule has 0 aromatic carbocycles. The molecule has 0 amide bonds. The zero-order chi connectivity index (χ0) is 38.4. The molecular formula is C43H84NO7P. The summed E-state index contributed by atoms with van der Waals surface area (Å²) in [6.45, 7) is 5.40. The molecule has 0 aliphatic heterocycles. The predicted molar refractivity (Wildman–Crippen MR) is 217 cm³/mol. The van der Waals surface area contributed by atoms with E-state index in [0.717, 1.165) is 57.8 Å². The van der Waals surface area contributed by atoms with E-state index in [9.17, 15) is 14.3 Å². The molecule has 0 fully saturated rings. The van der Waals surface area contributed by atoms with Crippen LogP contribution in [0.4, 0.5) is 0 Å². The Morgan fingerprint density at radius 1 is 0.596 bits per heavy atom. The highest BCUT2D eigenvalue weighted by atomic mass is 31.2. The fraction of sp³-hybridized carbons (Fsp3) is 0.884. The molecule has 0 aliphatic rings. The fourth-order valence-electron chi connectivity index (χ4n) is 5.87. The molecule has 0 saturated carbocycles. The van der Waals surface area contributed by atoms with Crippen LogP contribution in [0.3, 0.4) is 0 Å². The first-order valence-electron chi connectivity index (χ1n) is 21.6. The summed E-state index contributed by atoms with van der Waals surface area (Å²) in [5, 5.41) is 0. The molecule has 0 radical (unpaired) electrons. The van der Waals surface area contributed by atoms with Crippen molar-refractivity contribution in [1.82, 2.24) is 0 Å². The maximum Gasteiger partial charge on any atom is 0.306 e. The first-order chi connectivity index (χ1) is 25.1. The molecule has 0 bridgehead atoms. The van der Waals surface area contributed by atoms with Crippen LogP contribution in [0.15, 0.2) is 24.3 Å². The average molecular weight is 758 g/mol. The summed E-state index contributed by atoms with van der Waals surface area (Å²) < 4.78 is 34.5. The van der Waals surface area contributed by atoms with E-state index in [-0.39, 0.29) is 25.8 Å². The van der Waals surface area contributed by atoms with Gasteiger partial charge in [0.05, 0.1) is 34.4 Å². The van der Waals surface area contributed by atoms with E-state index < -0.39 is 13.9 Å². The molecule has 0 aromatic heterocycles. The Morgan fingerprint density at radius 3 is 1.58 bits per heavy atom. The molecule has 0 heterocycles. The van der Waals surface area contributed by atoms with Gasteiger partial charge >= 0.3 is 5.97 Å². The molecular weight excluding hydrogens is 673 g/mol. The SMILES string of the molecule is CCCCCC/C=C\C/C=C\CCCCCCCC(=O)OC(COCCCCCCCCCCCCCCCC)COP(=O)([O-])OCC[N+](C)(C)C. The standard InChI is InChI=1S/C43H84NO7P/c1-6-8-10-12-14-16-18-20-22-23-24-26-28-30-32-34-36-43(45)51-42(41-50-52(46,47)49-39-37-44(3,4)5)40-48-38-35-33-31-29-27-25-21-19-17-15-13-11-9-7-2/h16,18,22-23,42H,6-15,17,19-21,24-41H2,1-5H3/b18-16-,23-22-. The van der Waals surface area contributed by atoms with Gasteiger partial charge in [-0.1, -0.05) is 160 Å². The topological polar surface area (TPSA) is 94.1 Å². The normalized spacial score (nSPS) is 14.0. The van der Waals surface area contributed by atoms with Crippen molar-refractivity contribution < 1.29 is 37.3 Å². The Morgan fingerprint density at radius 2 is 1.06 bits per heavy atom. The molecule has 308 valence electrons. The van der Waals surface area contributed by atoms with Gasteiger partial charge in [-0.15, -0.1) is 0 Å². The summed E-state index contributed by atoms with van der Waals surface area (Å²) in [7, 11) is 1.35. The Balaban J connectivity index is 4.26. The lowest BCUT2D eigenvalue weighted by Crippen LogP contribution is -2.37. The second-order valence-electron chi connectivity index (χ2n) is 15.7. The summed E-state index contributed by atoms with van der Waals surface area (Å²) in [4.78, 5) is 25.0. The van der Waals surface area contributed by atoms with E-state index in [1.165, 1.54) is 109 Å². The van der Waals surface area contributed by atoms with Crippen molar-refractivity contribution in [2.75, 3.05) is 54.1 Å². The smallest absolute Gasteiger partial charge is 0.306 e. The highest BCUT2D eigenvalue weighted by molar-refractivity contribution is 7.45. The molecule has 0 N–H and O–H groups in total. The zero-order valence-corrected chi connectivity index (χ0v) is 35.7. The van der Waals surface area contributed by atoms with Gasteiger partial charge in [-0.05, 0) is 44.9 Å². The Bertz CT molecular complexity index is 889. The minimum absolute atomic E-state index is 0.0250. The van der Waals surface area contributed by atoms with Gasteiger partial charge in [-0.3, -0.25) is 9.36 Å². The number of phosphoric ester groups is 1. The number of phosphoric acid groups is 1. The van der Waals surface area contributed by atoms with Gasteiger partial charge in [0.25, 0.3) is 7.82 Å². The minimum atomic E-state index is -4.52. The number of unbranched alkanes of at least 4 members (excludes halogenated alkanes) is 22. The van der Waals surface area contributed by atoms with Crippen LogP contribution >= 0.6 is 7.82 Å². The lowest BCUT2D eigenvalue weighted by Gasteiger charge is -2.28. The summed E-state index contributed by atoms with van der Waals surface area (Å²) in [5.41, 5.74) is 0. The minimum Gasteiger partial charge on any atom is -0.756 e. The predicted octanol–water partition coefficient (Wildman–Crippen LogP) is 11.8. The summed E-state index contributed by atoms with van der Waals surface area (Å²) in [6.07, 6.45) is 40.4. The van der Waals surface area contributed by atoms with E-state index in [1.807, 2.05) is 21.1 Å². The average Bonchev–Trinajstić information content (AvgIpc) is 3.09. The third-order valence-electron chi connectivity index (χ3n) is 9.26. The van der Waals surface area contributed by atoms with Crippen LogP contribution in [-0.2, 0) is 27.9 Å². The number of likely N-dealkylation sites (N-methyl/N-ethyl adjacent to an activating group) is 1. The summed E-state index contributed by atoms with van der Waals surface area (Å²) in [5.74, 6) is -0.346. The number of rotatable bonds is 40. The number of allylic oxidation sites excluding steroid dienone is 4. The number of carbonyl (C=O) groups is 1. The van der Waals surface area contributed by atoms with Crippen LogP contribution in [0.25, 0.3) is 0 Å². The number of ether oxygens (including phenoxy) is 2. The monoisotopic (exact) mass is 758 g/mol. The maximum atomic E-state index is 12.7. The molecule has 0 spiro atoms. The maximum absolute atomic E-state index is 12.7. The van der Waals surface area contributed by atoms with E-state index in [0.29, 0.717) is 24.1 Å². The number of carbonyl (C=O) groups excluding carboxylic acids is 1. The van der Waals surface area contributed by atoms with Crippen molar-refractivity contribution in [3.63, 3.8) is 0 Å². The second kappa shape index (κ2) is 36.9. The highest BCUT2D eigenvalue weighted by Crippen LogP contribution is 2.38. The van der Waals surface area contributed by atoms with Crippen LogP contribution in [0.1, 0.15) is 187 Å². The van der Waals surface area contributed by atoms with Gasteiger partial charge < -0.3 is 27.9 Å². The lowest BCUT2D eigenvalue weighted by molar-refractivity contribution is -0.870. The molecule has 2 atom stereocenters. The number of quaternary nitrogens is 1. The zero-order valence-electron chi connectivity index (χ0n) is 34.8. The van der Waals surface area contributed by atoms with Gasteiger partial charge in [0.15, 0.2) is 0 Å². The molecule has 52 heavy (non-hydrogen) atoms. The van der Waals surface area contributed by atoms with E-state index in [2.05, 4.69) is 38.2 Å². The largest absolute Gasteiger partial charge is 0.756 e. The fourth-order valence-corrected chi connectivity index (χ4v) is 6.60. The Labute approximate surface area is 322 Å². The number of nitrogens with zero attached hydrogens (tertiary/aromatic N) is 1. The molecule has 9 heteroatoms. The Kier molecular flexibility index (Phi) is 36.2. The van der Waals surface area contributed by atoms with Crippen LogP contribution in [0.2, 0.25) is 0 Å². The van der Waals surface area contributed by atoms with E-state index in [4.69, 9.17) is 18.5 Å². The summed E-state index contributed by atoms with van der Waals surface area (Å²) in [6, 6.07) is 0. The third-order valence-corrected chi connectivity index (χ3v) is 10.2. The van der Waals surface area contributed by atoms with Crippen LogP contribution in [-0.4, -0.2) is 70.7 Å². The van der Waals surface area contributed by atoms with Crippen molar-refractivity contribution in [2.45, 2.75) is 193 Å². The van der Waals surface area contributed by atoms with Gasteiger partial charge in [0.1, 0.15) is 19.3 Å². The molecule has 2 unspecified atom stereocenters. The molecule has 8 nitrogen and oxygen atoms in total. The number of hydrogen-bond acceptors (Lipinski definition) is 7. The third kappa shape index (κ3) is 40.2. The number of hydrogen-bond donors (Lipinski definition) is 0. The van der Waals surface area contributed by atoms with Crippen molar-refractivity contribution >= 4 is 13.8 Å². The molecule has 0 aromatic rings. The van der Waals surface area contributed by atoms with Gasteiger partial charge in [-0.25, -0.2) is 0 Å². The Hall–Kier alpha value is -1.02. The molecule has 0 saturated heterocycles. The first kappa shape index (κ1) is 51.0. The second-order valence-corrected chi connectivity index (χ2v) is 17.1. The van der Waals surface area contributed by atoms with Gasteiger partial charge in [0.2, 0.25) is 0 Å². The van der Waals surface area contributed by atoms with Gasteiger partial charge in [0, 0.05) is 13.0 Å².